The van der Waals surface area contributed by atoms with Crippen LogP contribution in [0.3, 0.4) is 0 Å². The summed E-state index contributed by atoms with van der Waals surface area (Å²) in [4.78, 5) is 54.6. The molecule has 288 valence electrons. The summed E-state index contributed by atoms with van der Waals surface area (Å²) in [6.45, 7) is -12.5. The number of amides is 4. The number of halogens is 1. The molecule has 0 bridgehead atoms. The molecular formula is C45H46FN5O5. The van der Waals surface area contributed by atoms with Crippen LogP contribution in [0.25, 0.3) is 0 Å². The molecule has 11 heteroatoms. The predicted octanol–water partition coefficient (Wildman–Crippen LogP) is 5.83. The van der Waals surface area contributed by atoms with Gasteiger partial charge in [-0.1, -0.05) is 48.5 Å². The average molecular weight is 764 g/mol. The number of phenolic OH excluding ortho intramolecular Hbond substituents is 1. The van der Waals surface area contributed by atoms with E-state index in [0.29, 0.717) is 41.8 Å². The Labute approximate surface area is 337 Å². The van der Waals surface area contributed by atoms with E-state index >= 15 is 4.39 Å². The van der Waals surface area contributed by atoms with Crippen molar-refractivity contribution in [2.75, 3.05) is 55.4 Å². The van der Waals surface area contributed by atoms with Gasteiger partial charge in [0, 0.05) is 74.8 Å². The third-order valence-corrected chi connectivity index (χ3v) is 11.8. The van der Waals surface area contributed by atoms with Crippen LogP contribution in [0.2, 0.25) is 0 Å². The number of imide groups is 2. The maximum Gasteiger partial charge on any atom is 0.265 e. The van der Waals surface area contributed by atoms with Crippen LogP contribution in [0.5, 0.6) is 5.75 Å². The van der Waals surface area contributed by atoms with Crippen molar-refractivity contribution in [1.29, 1.82) is 0 Å². The van der Waals surface area contributed by atoms with E-state index in [2.05, 4.69) is 53.4 Å². The molecule has 2 N–H and O–H groups in total. The van der Waals surface area contributed by atoms with Crippen molar-refractivity contribution >= 4 is 35.0 Å². The molecule has 1 unspecified atom stereocenters. The quantitative estimate of drug-likeness (QED) is 0.226. The molecule has 56 heavy (non-hydrogen) atoms. The molecule has 0 radical (unpaired) electrons. The van der Waals surface area contributed by atoms with Gasteiger partial charge in [0.15, 0.2) is 0 Å². The molecule has 3 fully saturated rings. The Hall–Kier alpha value is -5.55. The first-order valence-electron chi connectivity index (χ1n) is 23.1. The maximum absolute atomic E-state index is 15.9. The first kappa shape index (κ1) is 27.9. The fourth-order valence-electron chi connectivity index (χ4n) is 8.96. The molecular weight excluding hydrogens is 710 g/mol. The Kier molecular flexibility index (Phi) is 7.40. The highest BCUT2D eigenvalue weighted by Gasteiger charge is 2.46. The van der Waals surface area contributed by atoms with E-state index in [1.165, 1.54) is 11.1 Å². The smallest absolute Gasteiger partial charge is 0.265 e. The van der Waals surface area contributed by atoms with E-state index in [0.717, 1.165) is 35.7 Å². The third-order valence-electron chi connectivity index (χ3n) is 11.8. The van der Waals surface area contributed by atoms with E-state index in [1.807, 2.05) is 23.5 Å². The van der Waals surface area contributed by atoms with Crippen LogP contribution in [-0.2, 0) is 16.0 Å². The molecule has 5 aliphatic rings. The van der Waals surface area contributed by atoms with Crippen LogP contribution in [-0.4, -0.2) is 90.2 Å². The summed E-state index contributed by atoms with van der Waals surface area (Å²) in [5.41, 5.74) is 3.54. The van der Waals surface area contributed by atoms with E-state index < -0.39 is 78.3 Å². The van der Waals surface area contributed by atoms with Crippen molar-refractivity contribution in [2.45, 2.75) is 56.4 Å². The van der Waals surface area contributed by atoms with Crippen molar-refractivity contribution in [2.24, 2.45) is 5.92 Å². The molecule has 4 aromatic carbocycles. The molecule has 3 atom stereocenters. The highest BCUT2D eigenvalue weighted by atomic mass is 19.1. The number of nitrogens with one attached hydrogen (secondary N) is 1. The fraction of sp³-hybridized carbons (Fsp3) is 0.378. The molecule has 3 saturated heterocycles. The number of aromatic hydroxyl groups is 1. The van der Waals surface area contributed by atoms with Crippen LogP contribution in [0.4, 0.5) is 15.8 Å². The number of fused-ring (bicyclic) bond motifs is 2. The number of hydrogen-bond acceptors (Lipinski definition) is 8. The lowest BCUT2D eigenvalue weighted by Gasteiger charge is -2.40. The number of rotatable bonds is 7. The number of nitrogens with zero attached hydrogens (tertiary/aromatic N) is 4. The number of piperidine rings is 2. The summed E-state index contributed by atoms with van der Waals surface area (Å²) in [5.74, 6) is -5.09. The number of phenols is 1. The van der Waals surface area contributed by atoms with E-state index in [-0.39, 0.29) is 47.8 Å². The summed E-state index contributed by atoms with van der Waals surface area (Å²) < 4.78 is 88.2. The average Bonchev–Trinajstić information content (AvgIpc) is 3.50. The van der Waals surface area contributed by atoms with Gasteiger partial charge in [0.2, 0.25) is 11.8 Å². The minimum Gasteiger partial charge on any atom is -0.508 e. The van der Waals surface area contributed by atoms with Crippen molar-refractivity contribution in [3.8, 4) is 5.75 Å². The zero-order valence-electron chi connectivity index (χ0n) is 38.5. The van der Waals surface area contributed by atoms with Gasteiger partial charge in [-0.3, -0.25) is 34.3 Å². The van der Waals surface area contributed by atoms with Gasteiger partial charge in [0.25, 0.3) is 11.8 Å². The molecule has 4 aromatic rings. The number of carbonyl (C=O) groups is 4. The molecule has 4 heterocycles. The number of aryl methyl sites for hydroxylation is 1. The van der Waals surface area contributed by atoms with Gasteiger partial charge < -0.3 is 14.9 Å². The van der Waals surface area contributed by atoms with Crippen LogP contribution in [0.15, 0.2) is 84.9 Å². The lowest BCUT2D eigenvalue weighted by atomic mass is 9.69. The van der Waals surface area contributed by atoms with Crippen LogP contribution in [0, 0.1) is 11.7 Å². The Morgan fingerprint density at radius 2 is 1.50 bits per heavy atom. The normalized spacial score (nSPS) is 29.0. The lowest BCUT2D eigenvalue weighted by Crippen LogP contribution is -2.54. The number of carbonyl (C=O) groups excluding carboxylic acids is 4. The molecule has 0 spiro atoms. The standard InChI is InChI=1S/C45H46FN5O5/c46-38-26-33(25-37-42(38)45(56)51(44(37)55)39-14-15-40(53)47-43(39)54)50-22-20-48(21-23-50)27-28-16-18-49(19-17-28)32-9-6-30(7-10-32)41-35(29-4-2-1-3-5-29)12-8-31-24-34(52)11-13-36(31)41/h1-7,9-11,13,24-26,28,35,39,41,52H,8,12,14-23,27H2,(H,47,53,54)/t35-,39?,41+/m1/s1/i20D2,21D2,22D2,23D2. The molecule has 1 aliphatic carbocycles. The van der Waals surface area contributed by atoms with Crippen LogP contribution in [0.1, 0.15) is 97.9 Å². The molecule has 4 amide bonds. The maximum atomic E-state index is 15.9. The van der Waals surface area contributed by atoms with Gasteiger partial charge >= 0.3 is 0 Å². The van der Waals surface area contributed by atoms with Crippen molar-refractivity contribution in [1.82, 2.24) is 15.1 Å². The first-order chi connectivity index (χ1) is 30.2. The second kappa shape index (κ2) is 14.8. The monoisotopic (exact) mass is 763 g/mol. The summed E-state index contributed by atoms with van der Waals surface area (Å²) in [5, 5.41) is 12.3. The SMILES string of the molecule is [2H]C1([2H])N(CC2CCN(c3ccc([C@@H]4c5ccc(O)cc5CC[C@@H]4c4ccccc4)cc3)CC2)C([2H])([2H])C([2H])([2H])N(c2cc(F)c3c(c2)C(=O)N(C2CCC(=O)NC2=O)C3=O)C1([2H])[2H]. The Morgan fingerprint density at radius 3 is 2.23 bits per heavy atom. The van der Waals surface area contributed by atoms with Gasteiger partial charge in [-0.15, -0.1) is 0 Å². The van der Waals surface area contributed by atoms with Gasteiger partial charge in [0.1, 0.15) is 17.6 Å². The van der Waals surface area contributed by atoms with Gasteiger partial charge in [-0.05, 0) is 103 Å². The van der Waals surface area contributed by atoms with Gasteiger partial charge in [0.05, 0.1) is 16.6 Å². The van der Waals surface area contributed by atoms with Gasteiger partial charge in [-0.25, -0.2) is 4.39 Å². The molecule has 0 saturated carbocycles. The Balaban J connectivity index is 0.919. The topological polar surface area (TPSA) is 114 Å². The summed E-state index contributed by atoms with van der Waals surface area (Å²) in [7, 11) is 0. The molecule has 10 nitrogen and oxygen atoms in total. The second-order valence-corrected chi connectivity index (χ2v) is 15.1. The minimum absolute atomic E-state index is 0.0724. The van der Waals surface area contributed by atoms with E-state index in [1.54, 1.807) is 6.07 Å². The molecule has 0 aromatic heterocycles. The molecule has 9 rings (SSSR count). The third kappa shape index (κ3) is 6.72. The van der Waals surface area contributed by atoms with E-state index in [4.69, 9.17) is 11.0 Å². The van der Waals surface area contributed by atoms with Gasteiger partial charge in [-0.2, -0.15) is 0 Å². The van der Waals surface area contributed by atoms with Crippen molar-refractivity contribution < 1.29 is 39.6 Å². The number of benzene rings is 4. The lowest BCUT2D eigenvalue weighted by molar-refractivity contribution is -0.136. The summed E-state index contributed by atoms with van der Waals surface area (Å²) >= 11 is 0. The molecule has 4 aliphatic heterocycles. The number of anilines is 2. The minimum atomic E-state index is -3.38. The summed E-state index contributed by atoms with van der Waals surface area (Å²) in [6.07, 6.45) is 2.30. The Morgan fingerprint density at radius 1 is 0.750 bits per heavy atom. The zero-order chi connectivity index (χ0) is 45.7. The van der Waals surface area contributed by atoms with Crippen LogP contribution >= 0.6 is 0 Å². The zero-order valence-corrected chi connectivity index (χ0v) is 30.5. The fourth-order valence-corrected chi connectivity index (χ4v) is 8.96. The number of hydrogen-bond donors (Lipinski definition) is 2. The number of piperazine rings is 1. The predicted molar refractivity (Wildman–Crippen MR) is 211 cm³/mol. The van der Waals surface area contributed by atoms with Crippen LogP contribution < -0.4 is 15.1 Å². The van der Waals surface area contributed by atoms with Crippen molar-refractivity contribution in [3.63, 3.8) is 0 Å². The Bertz CT molecular complexity index is 2530. The first-order valence-corrected chi connectivity index (χ1v) is 19.1. The van der Waals surface area contributed by atoms with E-state index in [9.17, 15) is 24.3 Å². The second-order valence-electron chi connectivity index (χ2n) is 15.1. The highest BCUT2D eigenvalue weighted by Crippen LogP contribution is 2.47. The highest BCUT2D eigenvalue weighted by molar-refractivity contribution is 6.24. The summed E-state index contributed by atoms with van der Waals surface area (Å²) in [6, 6.07) is 24.4. The largest absolute Gasteiger partial charge is 0.508 e. The van der Waals surface area contributed by atoms with Crippen molar-refractivity contribution in [3.05, 3.63) is 124 Å².